The van der Waals surface area contributed by atoms with Crippen LogP contribution in [0.25, 0.3) is 11.0 Å². The largest absolute Gasteiger partial charge is 0.460 e. The Bertz CT molecular complexity index is 975. The summed E-state index contributed by atoms with van der Waals surface area (Å²) >= 11 is 1.61. The van der Waals surface area contributed by atoms with Crippen molar-refractivity contribution in [2.45, 2.75) is 13.0 Å². The van der Waals surface area contributed by atoms with E-state index in [0.29, 0.717) is 12.2 Å². The number of fused-ring (bicyclic) bond motifs is 3. The molecular weight excluding hydrogens is 350 g/mol. The molecule has 3 heterocycles. The van der Waals surface area contributed by atoms with Gasteiger partial charge in [-0.1, -0.05) is 18.2 Å². The fourth-order valence-corrected chi connectivity index (χ4v) is 4.06. The number of rotatable bonds is 5. The predicted octanol–water partition coefficient (Wildman–Crippen LogP) is 3.58. The molecule has 7 heteroatoms. The summed E-state index contributed by atoms with van der Waals surface area (Å²) in [6.07, 6.45) is 0. The number of carbonyl (C=O) groups excluding carboxylic acids is 1. The molecule has 1 atom stereocenters. The predicted molar refractivity (Wildman–Crippen MR) is 101 cm³/mol. The number of methoxy groups -OCH3 is 1. The highest BCUT2D eigenvalue weighted by molar-refractivity contribution is 7.10. The molecule has 1 unspecified atom stereocenters. The molecule has 1 aliphatic heterocycles. The van der Waals surface area contributed by atoms with Crippen LogP contribution in [-0.4, -0.2) is 35.8 Å². The number of imidazole rings is 1. The first kappa shape index (κ1) is 16.8. The highest BCUT2D eigenvalue weighted by Gasteiger charge is 2.35. The van der Waals surface area contributed by atoms with Crippen LogP contribution in [0.4, 0.5) is 5.95 Å². The summed E-state index contributed by atoms with van der Waals surface area (Å²) in [7, 11) is 1.58. The van der Waals surface area contributed by atoms with Crippen molar-refractivity contribution in [2.24, 2.45) is 0 Å². The number of nitrogens with one attached hydrogen (secondary N) is 1. The monoisotopic (exact) mass is 369 g/mol. The second-order valence-electron chi connectivity index (χ2n) is 6.00. The van der Waals surface area contributed by atoms with E-state index in [1.807, 2.05) is 48.7 Å². The van der Waals surface area contributed by atoms with E-state index in [1.54, 1.807) is 18.4 Å². The van der Waals surface area contributed by atoms with Gasteiger partial charge in [0.25, 0.3) is 0 Å². The highest BCUT2D eigenvalue weighted by atomic mass is 32.1. The number of aromatic nitrogens is 2. The number of ether oxygens (including phenoxy) is 2. The van der Waals surface area contributed by atoms with Crippen molar-refractivity contribution in [3.05, 3.63) is 57.9 Å². The third-order valence-electron chi connectivity index (χ3n) is 4.38. The number of thiophene rings is 1. The fourth-order valence-electron chi connectivity index (χ4n) is 3.24. The van der Waals surface area contributed by atoms with Crippen LogP contribution in [0.15, 0.2) is 53.0 Å². The van der Waals surface area contributed by atoms with E-state index in [4.69, 9.17) is 9.47 Å². The lowest BCUT2D eigenvalue weighted by molar-refractivity contribution is -0.140. The van der Waals surface area contributed by atoms with E-state index in [0.717, 1.165) is 27.6 Å². The van der Waals surface area contributed by atoms with Crippen molar-refractivity contribution < 1.29 is 14.3 Å². The van der Waals surface area contributed by atoms with E-state index in [2.05, 4.69) is 14.9 Å². The number of esters is 1. The topological polar surface area (TPSA) is 65.4 Å². The molecule has 3 aromatic rings. The maximum atomic E-state index is 12.9. The van der Waals surface area contributed by atoms with Crippen LogP contribution in [0.2, 0.25) is 0 Å². The SMILES string of the molecule is COCCOC(=O)C1=C(C)Nc2nc3ccccc3n2C1c1cccs1. The first-order valence-electron chi connectivity index (χ1n) is 8.35. The van der Waals surface area contributed by atoms with Crippen LogP contribution >= 0.6 is 11.3 Å². The van der Waals surface area contributed by atoms with Crippen molar-refractivity contribution in [3.63, 3.8) is 0 Å². The lowest BCUT2D eigenvalue weighted by Gasteiger charge is -2.29. The quantitative estimate of drug-likeness (QED) is 0.550. The fraction of sp³-hybridized carbons (Fsp3) is 0.263. The van der Waals surface area contributed by atoms with Gasteiger partial charge in [0, 0.05) is 17.7 Å². The Morgan fingerprint density at radius 2 is 2.12 bits per heavy atom. The smallest absolute Gasteiger partial charge is 0.338 e. The number of carbonyl (C=O) groups is 1. The van der Waals surface area contributed by atoms with Gasteiger partial charge in [-0.3, -0.25) is 4.57 Å². The first-order chi connectivity index (χ1) is 12.7. The molecule has 0 bridgehead atoms. The van der Waals surface area contributed by atoms with Crippen LogP contribution in [0, 0.1) is 0 Å². The van der Waals surface area contributed by atoms with Crippen LogP contribution in [0.5, 0.6) is 0 Å². The zero-order valence-electron chi connectivity index (χ0n) is 14.6. The maximum Gasteiger partial charge on any atom is 0.338 e. The lowest BCUT2D eigenvalue weighted by Crippen LogP contribution is -2.29. The van der Waals surface area contributed by atoms with E-state index in [1.165, 1.54) is 0 Å². The van der Waals surface area contributed by atoms with Gasteiger partial charge in [0.1, 0.15) is 12.6 Å². The summed E-state index contributed by atoms with van der Waals surface area (Å²) in [5.74, 6) is 0.393. The van der Waals surface area contributed by atoms with Crippen molar-refractivity contribution >= 4 is 34.3 Å². The number of nitrogens with zero attached hydrogens (tertiary/aromatic N) is 2. The van der Waals surface area contributed by atoms with Gasteiger partial charge < -0.3 is 14.8 Å². The Hall–Kier alpha value is -2.64. The highest BCUT2D eigenvalue weighted by Crippen LogP contribution is 2.40. The Balaban J connectivity index is 1.84. The second kappa shape index (κ2) is 6.93. The summed E-state index contributed by atoms with van der Waals surface area (Å²) in [6.45, 7) is 2.48. The Morgan fingerprint density at radius 1 is 1.27 bits per heavy atom. The van der Waals surface area contributed by atoms with E-state index >= 15 is 0 Å². The third kappa shape index (κ3) is 2.79. The molecule has 0 spiro atoms. The van der Waals surface area contributed by atoms with Crippen LogP contribution in [0.1, 0.15) is 17.8 Å². The summed E-state index contributed by atoms with van der Waals surface area (Å²) in [6, 6.07) is 11.7. The van der Waals surface area contributed by atoms with Crippen molar-refractivity contribution in [3.8, 4) is 0 Å². The minimum absolute atomic E-state index is 0.223. The van der Waals surface area contributed by atoms with Crippen LogP contribution < -0.4 is 5.32 Å². The van der Waals surface area contributed by atoms with Gasteiger partial charge >= 0.3 is 5.97 Å². The molecular formula is C19H19N3O3S. The van der Waals surface area contributed by atoms with Crippen LogP contribution in [-0.2, 0) is 14.3 Å². The van der Waals surface area contributed by atoms with Crippen molar-refractivity contribution in [1.29, 1.82) is 0 Å². The molecule has 1 aliphatic rings. The molecule has 134 valence electrons. The normalized spacial score (nSPS) is 16.5. The van der Waals surface area contributed by atoms with Gasteiger partial charge in [0.2, 0.25) is 5.95 Å². The van der Waals surface area contributed by atoms with Gasteiger partial charge in [0.15, 0.2) is 0 Å². The van der Waals surface area contributed by atoms with Gasteiger partial charge in [-0.2, -0.15) is 0 Å². The Morgan fingerprint density at radius 3 is 2.88 bits per heavy atom. The summed E-state index contributed by atoms with van der Waals surface area (Å²) in [4.78, 5) is 18.6. The standard InChI is InChI=1S/C19H19N3O3S/c1-12-16(18(23)25-10-9-24-2)17(15-8-5-11-26-15)22-14-7-4-3-6-13(14)21-19(22)20-12/h3-8,11,17H,9-10H2,1-2H3,(H,20,21). The zero-order valence-corrected chi connectivity index (χ0v) is 15.4. The molecule has 0 radical (unpaired) electrons. The minimum atomic E-state index is -0.339. The second-order valence-corrected chi connectivity index (χ2v) is 6.98. The number of anilines is 1. The molecule has 0 amide bonds. The number of benzene rings is 1. The van der Waals surface area contributed by atoms with Gasteiger partial charge in [-0.15, -0.1) is 11.3 Å². The molecule has 4 rings (SSSR count). The number of para-hydroxylation sites is 2. The van der Waals surface area contributed by atoms with Gasteiger partial charge in [0.05, 0.1) is 23.2 Å². The molecule has 0 saturated carbocycles. The average molecular weight is 369 g/mol. The minimum Gasteiger partial charge on any atom is -0.460 e. The van der Waals surface area contributed by atoms with E-state index in [-0.39, 0.29) is 18.6 Å². The molecule has 1 N–H and O–H groups in total. The maximum absolute atomic E-state index is 12.9. The molecule has 0 saturated heterocycles. The molecule has 0 aliphatic carbocycles. The summed E-state index contributed by atoms with van der Waals surface area (Å²) < 4.78 is 12.5. The molecule has 1 aromatic carbocycles. The lowest BCUT2D eigenvalue weighted by atomic mass is 10.0. The molecule has 26 heavy (non-hydrogen) atoms. The number of hydrogen-bond donors (Lipinski definition) is 1. The summed E-state index contributed by atoms with van der Waals surface area (Å²) in [5.41, 5.74) is 3.22. The molecule has 2 aromatic heterocycles. The third-order valence-corrected chi connectivity index (χ3v) is 5.31. The van der Waals surface area contributed by atoms with Gasteiger partial charge in [-0.25, -0.2) is 9.78 Å². The first-order valence-corrected chi connectivity index (χ1v) is 9.23. The van der Waals surface area contributed by atoms with E-state index < -0.39 is 0 Å². The van der Waals surface area contributed by atoms with Gasteiger partial charge in [-0.05, 0) is 30.5 Å². The number of hydrogen-bond acceptors (Lipinski definition) is 6. The van der Waals surface area contributed by atoms with E-state index in [9.17, 15) is 4.79 Å². The zero-order chi connectivity index (χ0) is 18.1. The molecule has 6 nitrogen and oxygen atoms in total. The Labute approximate surface area is 155 Å². The van der Waals surface area contributed by atoms with Crippen molar-refractivity contribution in [2.75, 3.05) is 25.6 Å². The number of allylic oxidation sites excluding steroid dienone is 1. The summed E-state index contributed by atoms with van der Waals surface area (Å²) in [5, 5.41) is 5.28. The average Bonchev–Trinajstić information content (AvgIpc) is 3.28. The van der Waals surface area contributed by atoms with Crippen molar-refractivity contribution in [1.82, 2.24) is 9.55 Å². The Kier molecular flexibility index (Phi) is 4.48. The molecule has 0 fully saturated rings. The van der Waals surface area contributed by atoms with Crippen LogP contribution in [0.3, 0.4) is 0 Å².